The second-order valence-electron chi connectivity index (χ2n) is 3.98. The van der Waals surface area contributed by atoms with E-state index in [-0.39, 0.29) is 10.7 Å². The maximum absolute atomic E-state index is 10.6. The van der Waals surface area contributed by atoms with Crippen LogP contribution in [0.25, 0.3) is 0 Å². The summed E-state index contributed by atoms with van der Waals surface area (Å²) in [5.74, 6) is 0. The molecule has 0 fully saturated rings. The van der Waals surface area contributed by atoms with Gasteiger partial charge in [0.1, 0.15) is 0 Å². The van der Waals surface area contributed by atoms with Gasteiger partial charge in [0, 0.05) is 34.3 Å². The molecule has 0 heterocycles. The van der Waals surface area contributed by atoms with E-state index in [1.807, 2.05) is 0 Å². The van der Waals surface area contributed by atoms with Crippen molar-refractivity contribution in [2.24, 2.45) is 0 Å². The summed E-state index contributed by atoms with van der Waals surface area (Å²) in [4.78, 5) is 10.1. The van der Waals surface area contributed by atoms with Crippen LogP contribution in [0, 0.1) is 10.1 Å². The largest absolute Gasteiger partial charge is 0.380 e. The third-order valence-corrected chi connectivity index (χ3v) is 3.70. The average Bonchev–Trinajstić information content (AvgIpc) is 2.39. The number of nitro benzene ring substituents is 1. The van der Waals surface area contributed by atoms with Gasteiger partial charge in [0.2, 0.25) is 0 Å². The molecule has 20 heavy (non-hydrogen) atoms. The zero-order valence-corrected chi connectivity index (χ0v) is 12.3. The number of non-ortho nitro benzene ring substituents is 1. The van der Waals surface area contributed by atoms with Gasteiger partial charge in [0.25, 0.3) is 5.69 Å². The van der Waals surface area contributed by atoms with Crippen LogP contribution in [0.3, 0.4) is 0 Å². The van der Waals surface area contributed by atoms with Crippen molar-refractivity contribution in [3.63, 3.8) is 0 Å². The van der Waals surface area contributed by atoms with Crippen LogP contribution in [-0.4, -0.2) is 4.92 Å². The molecule has 0 aliphatic rings. The van der Waals surface area contributed by atoms with E-state index in [4.69, 9.17) is 34.8 Å². The molecular formula is C13H9Cl3N2O2. The minimum absolute atomic E-state index is 0.0590. The molecule has 0 spiro atoms. The van der Waals surface area contributed by atoms with Gasteiger partial charge in [-0.25, -0.2) is 0 Å². The van der Waals surface area contributed by atoms with Gasteiger partial charge in [0.05, 0.1) is 15.6 Å². The molecule has 1 N–H and O–H groups in total. The molecule has 0 aliphatic heterocycles. The van der Waals surface area contributed by atoms with Crippen LogP contribution in [0.15, 0.2) is 36.4 Å². The fourth-order valence-corrected chi connectivity index (χ4v) is 2.42. The summed E-state index contributed by atoms with van der Waals surface area (Å²) in [6.45, 7) is 0.371. The Morgan fingerprint density at radius 2 is 1.70 bits per heavy atom. The van der Waals surface area contributed by atoms with Crippen LogP contribution in [0.4, 0.5) is 11.4 Å². The smallest absolute Gasteiger partial charge is 0.271 e. The normalized spacial score (nSPS) is 10.3. The van der Waals surface area contributed by atoms with Crippen molar-refractivity contribution >= 4 is 46.2 Å². The first kappa shape index (κ1) is 14.9. The lowest BCUT2D eigenvalue weighted by atomic mass is 10.2. The van der Waals surface area contributed by atoms with Crippen molar-refractivity contribution in [3.8, 4) is 0 Å². The summed E-state index contributed by atoms with van der Waals surface area (Å²) < 4.78 is 0. The first-order valence-corrected chi connectivity index (χ1v) is 6.73. The summed E-state index contributed by atoms with van der Waals surface area (Å²) in [7, 11) is 0. The topological polar surface area (TPSA) is 55.2 Å². The highest BCUT2D eigenvalue weighted by Gasteiger charge is 2.10. The molecule has 0 atom stereocenters. The van der Waals surface area contributed by atoms with Gasteiger partial charge >= 0.3 is 0 Å². The lowest BCUT2D eigenvalue weighted by Gasteiger charge is -2.11. The van der Waals surface area contributed by atoms with E-state index in [1.54, 1.807) is 24.3 Å². The number of anilines is 1. The molecule has 0 unspecified atom stereocenters. The molecule has 7 heteroatoms. The number of benzene rings is 2. The molecule has 2 aromatic rings. The van der Waals surface area contributed by atoms with E-state index in [0.29, 0.717) is 22.3 Å². The summed E-state index contributed by atoms with van der Waals surface area (Å²) in [5, 5.41) is 15.0. The van der Waals surface area contributed by atoms with Crippen LogP contribution < -0.4 is 5.32 Å². The highest BCUT2D eigenvalue weighted by Crippen LogP contribution is 2.29. The molecule has 104 valence electrons. The molecule has 0 bridgehead atoms. The number of hydrogen-bond acceptors (Lipinski definition) is 3. The van der Waals surface area contributed by atoms with Crippen LogP contribution in [0.5, 0.6) is 0 Å². The zero-order valence-electron chi connectivity index (χ0n) is 10.1. The van der Waals surface area contributed by atoms with Crippen molar-refractivity contribution in [3.05, 3.63) is 67.1 Å². The second-order valence-corrected chi connectivity index (χ2v) is 5.20. The highest BCUT2D eigenvalue weighted by molar-refractivity contribution is 6.36. The summed E-state index contributed by atoms with van der Waals surface area (Å²) in [6.07, 6.45) is 0. The first-order valence-electron chi connectivity index (χ1n) is 5.59. The van der Waals surface area contributed by atoms with Crippen molar-refractivity contribution in [1.29, 1.82) is 0 Å². The van der Waals surface area contributed by atoms with E-state index in [1.165, 1.54) is 12.1 Å². The quantitative estimate of drug-likeness (QED) is 0.621. The molecule has 0 amide bonds. The van der Waals surface area contributed by atoms with Gasteiger partial charge in [-0.3, -0.25) is 10.1 Å². The molecule has 0 radical (unpaired) electrons. The molecular weight excluding hydrogens is 323 g/mol. The van der Waals surface area contributed by atoms with E-state index in [2.05, 4.69) is 5.32 Å². The minimum Gasteiger partial charge on any atom is -0.380 e. The molecule has 0 aromatic heterocycles. The Bertz CT molecular complexity index is 642. The first-order chi connectivity index (χ1) is 9.49. The van der Waals surface area contributed by atoms with Crippen molar-refractivity contribution in [1.82, 2.24) is 0 Å². The summed E-state index contributed by atoms with van der Waals surface area (Å²) in [5.41, 5.74) is 1.26. The zero-order chi connectivity index (χ0) is 14.7. The third kappa shape index (κ3) is 3.33. The lowest BCUT2D eigenvalue weighted by molar-refractivity contribution is -0.384. The van der Waals surface area contributed by atoms with Crippen LogP contribution in [0.1, 0.15) is 5.56 Å². The SMILES string of the molecule is O=[N+]([O-])c1ccc(NCc2c(Cl)cccc2Cl)c(Cl)c1. The molecule has 4 nitrogen and oxygen atoms in total. The molecule has 2 aromatic carbocycles. The number of nitrogens with one attached hydrogen (secondary N) is 1. The number of halogens is 3. The van der Waals surface area contributed by atoms with Gasteiger partial charge in [-0.15, -0.1) is 0 Å². The molecule has 2 rings (SSSR count). The number of rotatable bonds is 4. The maximum Gasteiger partial charge on any atom is 0.271 e. The molecule has 0 saturated heterocycles. The van der Waals surface area contributed by atoms with Crippen LogP contribution >= 0.6 is 34.8 Å². The Morgan fingerprint density at radius 1 is 1.05 bits per heavy atom. The number of nitro groups is 1. The monoisotopic (exact) mass is 330 g/mol. The number of hydrogen-bond donors (Lipinski definition) is 1. The molecule has 0 aliphatic carbocycles. The Kier molecular flexibility index (Phi) is 4.70. The Balaban J connectivity index is 2.17. The Hall–Kier alpha value is -1.49. The van der Waals surface area contributed by atoms with Gasteiger partial charge in [-0.2, -0.15) is 0 Å². The third-order valence-electron chi connectivity index (χ3n) is 2.68. The van der Waals surface area contributed by atoms with Crippen LogP contribution in [-0.2, 0) is 6.54 Å². The maximum atomic E-state index is 10.6. The van der Waals surface area contributed by atoms with E-state index < -0.39 is 4.92 Å². The van der Waals surface area contributed by atoms with Gasteiger partial charge in [-0.05, 0) is 18.2 Å². The van der Waals surface area contributed by atoms with Gasteiger partial charge in [-0.1, -0.05) is 40.9 Å². The van der Waals surface area contributed by atoms with Crippen LogP contribution in [0.2, 0.25) is 15.1 Å². The average molecular weight is 332 g/mol. The van der Waals surface area contributed by atoms with E-state index in [9.17, 15) is 10.1 Å². The van der Waals surface area contributed by atoms with E-state index in [0.717, 1.165) is 5.56 Å². The fourth-order valence-electron chi connectivity index (χ4n) is 1.65. The fraction of sp³-hybridized carbons (Fsp3) is 0.0769. The van der Waals surface area contributed by atoms with Crippen molar-refractivity contribution in [2.75, 3.05) is 5.32 Å². The summed E-state index contributed by atoms with van der Waals surface area (Å²) in [6, 6.07) is 9.45. The highest BCUT2D eigenvalue weighted by atomic mass is 35.5. The van der Waals surface area contributed by atoms with Gasteiger partial charge in [0.15, 0.2) is 0 Å². The lowest BCUT2D eigenvalue weighted by Crippen LogP contribution is -2.01. The Morgan fingerprint density at radius 3 is 2.25 bits per heavy atom. The number of nitrogens with zero attached hydrogens (tertiary/aromatic N) is 1. The summed E-state index contributed by atoms with van der Waals surface area (Å²) >= 11 is 18.1. The van der Waals surface area contributed by atoms with Crippen molar-refractivity contribution in [2.45, 2.75) is 6.54 Å². The minimum atomic E-state index is -0.499. The predicted molar refractivity (Wildman–Crippen MR) is 81.9 cm³/mol. The van der Waals surface area contributed by atoms with E-state index >= 15 is 0 Å². The predicted octanol–water partition coefficient (Wildman–Crippen LogP) is 5.17. The van der Waals surface area contributed by atoms with Crippen molar-refractivity contribution < 1.29 is 4.92 Å². The second kappa shape index (κ2) is 6.31. The Labute approximate surface area is 130 Å². The molecule has 0 saturated carbocycles. The van der Waals surface area contributed by atoms with Gasteiger partial charge < -0.3 is 5.32 Å². The standard InChI is InChI=1S/C13H9Cl3N2O2/c14-10-2-1-3-11(15)9(10)7-17-13-5-4-8(18(19)20)6-12(13)16/h1-6,17H,7H2.